The van der Waals surface area contributed by atoms with E-state index in [1.54, 1.807) is 9.80 Å². The number of nitriles is 1. The van der Waals surface area contributed by atoms with Crippen molar-refractivity contribution >= 4 is 34.9 Å². The molecule has 5 rings (SSSR count). The van der Waals surface area contributed by atoms with Gasteiger partial charge in [0.2, 0.25) is 12.3 Å². The quantitative estimate of drug-likeness (QED) is 0.579. The van der Waals surface area contributed by atoms with Crippen LogP contribution in [0.25, 0.3) is 22.2 Å². The van der Waals surface area contributed by atoms with Gasteiger partial charge in [-0.2, -0.15) is 5.26 Å². The van der Waals surface area contributed by atoms with Gasteiger partial charge in [0.15, 0.2) is 0 Å². The van der Waals surface area contributed by atoms with E-state index >= 15 is 0 Å². The molecule has 0 atom stereocenters. The van der Waals surface area contributed by atoms with Gasteiger partial charge in [-0.25, -0.2) is 4.98 Å². The maximum atomic E-state index is 11.7. The number of amides is 2. The van der Waals surface area contributed by atoms with Gasteiger partial charge in [-0.15, -0.1) is 0 Å². The third kappa shape index (κ3) is 3.70. The lowest BCUT2D eigenvalue weighted by atomic mass is 10.0. The van der Waals surface area contributed by atoms with Crippen LogP contribution < -0.4 is 10.2 Å². The first-order valence-electron chi connectivity index (χ1n) is 10.4. The molecule has 2 fully saturated rings. The zero-order valence-electron chi connectivity index (χ0n) is 16.9. The van der Waals surface area contributed by atoms with E-state index in [-0.39, 0.29) is 24.4 Å². The first kappa shape index (κ1) is 19.1. The van der Waals surface area contributed by atoms with Crippen LogP contribution in [0.2, 0.25) is 0 Å². The second kappa shape index (κ2) is 7.76. The minimum atomic E-state index is -0.115. The normalized spacial score (nSPS) is 15.9. The molecule has 1 saturated carbocycles. The Hall–Kier alpha value is -3.86. The van der Waals surface area contributed by atoms with Gasteiger partial charge >= 0.3 is 0 Å². The fourth-order valence-corrected chi connectivity index (χ4v) is 4.01. The van der Waals surface area contributed by atoms with Crippen LogP contribution in [-0.4, -0.2) is 52.4 Å². The third-order valence-corrected chi connectivity index (χ3v) is 5.86. The van der Waals surface area contributed by atoms with E-state index in [1.165, 1.54) is 0 Å². The number of aromatic nitrogens is 2. The number of benzene rings is 1. The van der Waals surface area contributed by atoms with Crippen LogP contribution in [0.4, 0.5) is 11.5 Å². The fourth-order valence-electron chi connectivity index (χ4n) is 4.01. The molecule has 1 aromatic carbocycles. The lowest BCUT2D eigenvalue weighted by molar-refractivity contribution is -0.134. The molecule has 0 radical (unpaired) electrons. The summed E-state index contributed by atoms with van der Waals surface area (Å²) in [4.78, 5) is 34.5. The van der Waals surface area contributed by atoms with Gasteiger partial charge in [0, 0.05) is 36.4 Å². The Morgan fingerprint density at radius 3 is 2.74 bits per heavy atom. The first-order chi connectivity index (χ1) is 15.2. The van der Waals surface area contributed by atoms with Crippen LogP contribution in [0, 0.1) is 11.3 Å². The SMILES string of the molecule is N#CCC(=O)N1CC(Nc2ccc(-c3cc(N(C=O)C4CC4)nc4[nH]ccc34)cc2)C1. The molecule has 3 heterocycles. The highest BCUT2D eigenvalue weighted by atomic mass is 16.2. The molecule has 1 aliphatic carbocycles. The third-order valence-electron chi connectivity index (χ3n) is 5.86. The highest BCUT2D eigenvalue weighted by Gasteiger charge is 2.31. The van der Waals surface area contributed by atoms with Crippen molar-refractivity contribution in [1.29, 1.82) is 5.26 Å². The number of fused-ring (bicyclic) bond motifs is 1. The molecule has 2 amide bonds. The Balaban J connectivity index is 1.34. The van der Waals surface area contributed by atoms with Crippen LogP contribution in [-0.2, 0) is 9.59 Å². The monoisotopic (exact) mass is 414 g/mol. The summed E-state index contributed by atoms with van der Waals surface area (Å²) in [5.41, 5.74) is 3.81. The molecule has 0 spiro atoms. The van der Waals surface area contributed by atoms with Gasteiger partial charge < -0.3 is 15.2 Å². The molecule has 1 saturated heterocycles. The zero-order valence-corrected chi connectivity index (χ0v) is 16.9. The molecule has 1 aliphatic heterocycles. The predicted octanol–water partition coefficient (Wildman–Crippen LogP) is 2.89. The highest BCUT2D eigenvalue weighted by Crippen LogP contribution is 2.35. The Morgan fingerprint density at radius 1 is 1.29 bits per heavy atom. The lowest BCUT2D eigenvalue weighted by Gasteiger charge is -2.39. The van der Waals surface area contributed by atoms with Crippen molar-refractivity contribution < 1.29 is 9.59 Å². The molecule has 156 valence electrons. The van der Waals surface area contributed by atoms with Gasteiger partial charge in [-0.1, -0.05) is 12.1 Å². The molecular formula is C23H22N6O2. The number of nitrogens with zero attached hydrogens (tertiary/aromatic N) is 4. The van der Waals surface area contributed by atoms with E-state index in [1.807, 2.05) is 48.7 Å². The van der Waals surface area contributed by atoms with Crippen molar-refractivity contribution in [2.75, 3.05) is 23.3 Å². The van der Waals surface area contributed by atoms with E-state index in [2.05, 4.69) is 15.3 Å². The van der Waals surface area contributed by atoms with Crippen molar-refractivity contribution in [2.24, 2.45) is 0 Å². The number of likely N-dealkylation sites (tertiary alicyclic amines) is 1. The first-order valence-corrected chi connectivity index (χ1v) is 10.4. The molecule has 0 unspecified atom stereocenters. The smallest absolute Gasteiger partial charge is 0.236 e. The summed E-state index contributed by atoms with van der Waals surface area (Å²) in [6.07, 6.45) is 4.69. The number of carbonyl (C=O) groups excluding carboxylic acids is 2. The van der Waals surface area contributed by atoms with Crippen molar-refractivity contribution in [2.45, 2.75) is 31.3 Å². The van der Waals surface area contributed by atoms with Crippen LogP contribution in [0.3, 0.4) is 0 Å². The minimum Gasteiger partial charge on any atom is -0.379 e. The number of anilines is 2. The maximum Gasteiger partial charge on any atom is 0.236 e. The molecular weight excluding hydrogens is 392 g/mol. The summed E-state index contributed by atoms with van der Waals surface area (Å²) >= 11 is 0. The number of carbonyl (C=O) groups is 2. The minimum absolute atomic E-state index is 0.0642. The Bertz CT molecular complexity index is 1170. The number of rotatable bonds is 7. The Labute approximate surface area is 179 Å². The van der Waals surface area contributed by atoms with Crippen LogP contribution >= 0.6 is 0 Å². The largest absolute Gasteiger partial charge is 0.379 e. The predicted molar refractivity (Wildman–Crippen MR) is 117 cm³/mol. The van der Waals surface area contributed by atoms with E-state index in [0.29, 0.717) is 18.9 Å². The van der Waals surface area contributed by atoms with Gasteiger partial charge in [0.1, 0.15) is 17.9 Å². The average Bonchev–Trinajstić information content (AvgIpc) is 3.46. The van der Waals surface area contributed by atoms with Crippen LogP contribution in [0.15, 0.2) is 42.6 Å². The van der Waals surface area contributed by atoms with E-state index < -0.39 is 0 Å². The van der Waals surface area contributed by atoms with Crippen LogP contribution in [0.5, 0.6) is 0 Å². The Morgan fingerprint density at radius 2 is 2.06 bits per heavy atom. The second-order valence-corrected chi connectivity index (χ2v) is 8.06. The van der Waals surface area contributed by atoms with Gasteiger partial charge in [0.05, 0.1) is 12.1 Å². The summed E-state index contributed by atoms with van der Waals surface area (Å²) in [6.45, 7) is 1.23. The summed E-state index contributed by atoms with van der Waals surface area (Å²) < 4.78 is 0. The lowest BCUT2D eigenvalue weighted by Crippen LogP contribution is -2.56. The summed E-state index contributed by atoms with van der Waals surface area (Å²) in [7, 11) is 0. The van der Waals surface area contributed by atoms with Crippen molar-refractivity contribution in [3.63, 3.8) is 0 Å². The number of pyridine rings is 1. The van der Waals surface area contributed by atoms with Crippen LogP contribution in [0.1, 0.15) is 19.3 Å². The molecule has 2 aliphatic rings. The molecule has 3 aromatic rings. The van der Waals surface area contributed by atoms with Crippen molar-refractivity contribution in [1.82, 2.24) is 14.9 Å². The van der Waals surface area contributed by atoms with Gasteiger partial charge in [-0.05, 0) is 48.2 Å². The molecule has 8 heteroatoms. The number of H-pyrrole nitrogens is 1. The topological polar surface area (TPSA) is 105 Å². The molecule has 2 aromatic heterocycles. The summed E-state index contributed by atoms with van der Waals surface area (Å²) in [5, 5.41) is 13.1. The molecule has 31 heavy (non-hydrogen) atoms. The number of aromatic amines is 1. The van der Waals surface area contributed by atoms with Crippen molar-refractivity contribution in [3.8, 4) is 17.2 Å². The van der Waals surface area contributed by atoms with E-state index in [0.717, 1.165) is 47.1 Å². The maximum absolute atomic E-state index is 11.7. The molecule has 2 N–H and O–H groups in total. The number of hydrogen-bond acceptors (Lipinski definition) is 5. The zero-order chi connectivity index (χ0) is 21.4. The van der Waals surface area contributed by atoms with Gasteiger partial charge in [0.25, 0.3) is 0 Å². The van der Waals surface area contributed by atoms with E-state index in [9.17, 15) is 9.59 Å². The van der Waals surface area contributed by atoms with Crippen molar-refractivity contribution in [3.05, 3.63) is 42.6 Å². The second-order valence-electron chi connectivity index (χ2n) is 8.06. The highest BCUT2D eigenvalue weighted by molar-refractivity contribution is 5.96. The number of hydrogen-bond donors (Lipinski definition) is 2. The van der Waals surface area contributed by atoms with E-state index in [4.69, 9.17) is 5.26 Å². The van der Waals surface area contributed by atoms with Gasteiger partial charge in [-0.3, -0.25) is 14.5 Å². The summed E-state index contributed by atoms with van der Waals surface area (Å²) in [6, 6.07) is 14.5. The Kier molecular flexibility index (Phi) is 4.79. The number of nitrogens with one attached hydrogen (secondary N) is 2. The standard InChI is InChI=1S/C23H22N6O2/c24-9-7-22(31)28-12-17(13-28)26-16-3-1-15(2-4-16)20-11-21(29(14-30)18-5-6-18)27-23-19(20)8-10-25-23/h1-4,8,10-11,14,17-18,26H,5-7,12-13H2,(H,25,27). The average molecular weight is 414 g/mol. The summed E-state index contributed by atoms with van der Waals surface area (Å²) in [5.74, 6) is 0.553. The fraction of sp³-hybridized carbons (Fsp3) is 0.304. The molecule has 0 bridgehead atoms. The molecule has 8 nitrogen and oxygen atoms in total.